The van der Waals surface area contributed by atoms with E-state index in [0.717, 1.165) is 37.2 Å². The van der Waals surface area contributed by atoms with Crippen molar-refractivity contribution in [3.05, 3.63) is 80.3 Å². The lowest BCUT2D eigenvalue weighted by Gasteiger charge is -2.34. The Bertz CT molecular complexity index is 1570. The summed E-state index contributed by atoms with van der Waals surface area (Å²) in [7, 11) is 2.02. The van der Waals surface area contributed by atoms with E-state index in [1.807, 2.05) is 13.1 Å². The maximum absolute atomic E-state index is 13.3. The summed E-state index contributed by atoms with van der Waals surface area (Å²) in [6.07, 6.45) is 5.06. The van der Waals surface area contributed by atoms with Gasteiger partial charge in [-0.15, -0.1) is 0 Å². The molecule has 0 bridgehead atoms. The van der Waals surface area contributed by atoms with Gasteiger partial charge in [-0.1, -0.05) is 29.3 Å². The van der Waals surface area contributed by atoms with Gasteiger partial charge in [0.15, 0.2) is 0 Å². The summed E-state index contributed by atoms with van der Waals surface area (Å²) in [5, 5.41) is 17.2. The average Bonchev–Trinajstić information content (AvgIpc) is 2.90. The molecule has 4 aromatic rings. The van der Waals surface area contributed by atoms with Gasteiger partial charge in [0.1, 0.15) is 11.6 Å². The molecular formula is C27H25Cl2N7O. The molecule has 8 nitrogen and oxygen atoms in total. The van der Waals surface area contributed by atoms with Crippen LogP contribution in [-0.4, -0.2) is 40.7 Å². The summed E-state index contributed by atoms with van der Waals surface area (Å²) < 4.78 is 1.27. The van der Waals surface area contributed by atoms with Crippen LogP contribution in [0, 0.1) is 18.3 Å². The van der Waals surface area contributed by atoms with Crippen molar-refractivity contribution in [2.75, 3.05) is 30.4 Å². The minimum absolute atomic E-state index is 0.192. The minimum atomic E-state index is -0.419. The maximum Gasteiger partial charge on any atom is 0.266 e. The number of nitrogens with one attached hydrogen (secondary N) is 2. The smallest absolute Gasteiger partial charge is 0.266 e. The van der Waals surface area contributed by atoms with Crippen LogP contribution in [0.25, 0.3) is 16.6 Å². The summed E-state index contributed by atoms with van der Waals surface area (Å²) in [5.74, 6) is 0.291. The van der Waals surface area contributed by atoms with Crippen LogP contribution in [0.2, 0.25) is 10.0 Å². The van der Waals surface area contributed by atoms with Crippen LogP contribution in [0.1, 0.15) is 24.0 Å². The Labute approximate surface area is 224 Å². The molecule has 0 saturated carbocycles. The molecule has 0 atom stereocenters. The number of nitrogens with zero attached hydrogens (tertiary/aromatic N) is 5. The molecule has 0 aliphatic carbocycles. The van der Waals surface area contributed by atoms with Crippen molar-refractivity contribution < 1.29 is 0 Å². The van der Waals surface area contributed by atoms with E-state index in [2.05, 4.69) is 50.6 Å². The third-order valence-electron chi connectivity index (χ3n) is 6.75. The summed E-state index contributed by atoms with van der Waals surface area (Å²) in [6.45, 7) is 4.11. The highest BCUT2D eigenvalue weighted by Crippen LogP contribution is 2.30. The second-order valence-electron chi connectivity index (χ2n) is 9.03. The monoisotopic (exact) mass is 533 g/mol. The van der Waals surface area contributed by atoms with Gasteiger partial charge < -0.3 is 15.5 Å². The van der Waals surface area contributed by atoms with Gasteiger partial charge in [0.05, 0.1) is 26.7 Å². The summed E-state index contributed by atoms with van der Waals surface area (Å²) in [6, 6.07) is 13.8. The second-order valence-corrected chi connectivity index (χ2v) is 9.85. The predicted molar refractivity (Wildman–Crippen MR) is 149 cm³/mol. The molecule has 37 heavy (non-hydrogen) atoms. The number of benzene rings is 2. The first kappa shape index (κ1) is 25.0. The van der Waals surface area contributed by atoms with Crippen LogP contribution < -0.4 is 21.1 Å². The molecule has 2 N–H and O–H groups in total. The van der Waals surface area contributed by atoms with Crippen LogP contribution in [0.3, 0.4) is 0 Å². The van der Waals surface area contributed by atoms with Gasteiger partial charge in [0, 0.05) is 42.9 Å². The first-order valence-corrected chi connectivity index (χ1v) is 12.7. The average molecular weight is 534 g/mol. The fourth-order valence-electron chi connectivity index (χ4n) is 4.78. The molecule has 1 fully saturated rings. The lowest BCUT2D eigenvalue weighted by molar-refractivity contribution is 0.442. The maximum atomic E-state index is 13.3. The van der Waals surface area contributed by atoms with E-state index in [4.69, 9.17) is 23.2 Å². The summed E-state index contributed by atoms with van der Waals surface area (Å²) in [5.41, 5.74) is 3.52. The largest absolute Gasteiger partial charge is 0.371 e. The molecule has 5 rings (SSSR count). The first-order chi connectivity index (χ1) is 17.9. The zero-order valence-corrected chi connectivity index (χ0v) is 21.9. The molecule has 2 aromatic heterocycles. The number of para-hydroxylation sites is 1. The van der Waals surface area contributed by atoms with E-state index in [9.17, 15) is 10.1 Å². The standard InChI is InChI=1S/C27H25Cl2N7O/c1-16-12-19(6-7-23(16)35-10-8-18(31-2)9-11-35)33-27-32-14-20-24(34-27)17(13-30)15-36(26(20)37)25-21(28)4-3-5-22(25)29/h3-7,12,14-15,18,31H,8-11H2,1-2H3,(H,32,33,34). The van der Waals surface area contributed by atoms with Crippen molar-refractivity contribution in [3.63, 3.8) is 0 Å². The Morgan fingerprint density at radius 3 is 2.51 bits per heavy atom. The van der Waals surface area contributed by atoms with Crippen LogP contribution in [-0.2, 0) is 0 Å². The number of hydrogen-bond donors (Lipinski definition) is 2. The predicted octanol–water partition coefficient (Wildman–Crippen LogP) is 5.20. The van der Waals surface area contributed by atoms with Crippen LogP contribution in [0.15, 0.2) is 53.6 Å². The third-order valence-corrected chi connectivity index (χ3v) is 7.36. The number of aromatic nitrogens is 3. The van der Waals surface area contributed by atoms with Gasteiger partial charge in [-0.2, -0.15) is 5.26 Å². The number of rotatable bonds is 5. The third kappa shape index (κ3) is 4.86. The van der Waals surface area contributed by atoms with Crippen LogP contribution in [0.4, 0.5) is 17.3 Å². The molecule has 0 amide bonds. The van der Waals surface area contributed by atoms with Crippen molar-refractivity contribution in [3.8, 4) is 11.8 Å². The Kier molecular flexibility index (Phi) is 7.02. The SMILES string of the molecule is CNC1CCN(c2ccc(Nc3ncc4c(=O)n(-c5c(Cl)cccc5Cl)cc(C#N)c4n3)cc2C)CC1. The first-order valence-electron chi connectivity index (χ1n) is 12.0. The topological polar surface area (TPSA) is 98.9 Å². The van der Waals surface area contributed by atoms with Crippen molar-refractivity contribution >= 4 is 51.4 Å². The lowest BCUT2D eigenvalue weighted by Crippen LogP contribution is -2.41. The second kappa shape index (κ2) is 10.4. The normalized spacial score (nSPS) is 14.1. The Morgan fingerprint density at radius 2 is 1.86 bits per heavy atom. The summed E-state index contributed by atoms with van der Waals surface area (Å²) in [4.78, 5) is 24.5. The van der Waals surface area contributed by atoms with Gasteiger partial charge in [-0.3, -0.25) is 9.36 Å². The number of piperidine rings is 1. The van der Waals surface area contributed by atoms with Crippen molar-refractivity contribution in [1.82, 2.24) is 19.9 Å². The van der Waals surface area contributed by atoms with E-state index in [-0.39, 0.29) is 16.5 Å². The number of nitriles is 1. The zero-order chi connectivity index (χ0) is 26.1. The van der Waals surface area contributed by atoms with Crippen molar-refractivity contribution in [1.29, 1.82) is 5.26 Å². The van der Waals surface area contributed by atoms with Gasteiger partial charge in [-0.25, -0.2) is 9.97 Å². The molecule has 1 saturated heterocycles. The highest BCUT2D eigenvalue weighted by Gasteiger charge is 2.20. The number of fused-ring (bicyclic) bond motifs is 1. The zero-order valence-electron chi connectivity index (χ0n) is 20.4. The molecule has 1 aliphatic rings. The van der Waals surface area contributed by atoms with Crippen molar-refractivity contribution in [2.45, 2.75) is 25.8 Å². The molecular weight excluding hydrogens is 509 g/mol. The molecule has 188 valence electrons. The Balaban J connectivity index is 1.46. The fraction of sp³-hybridized carbons (Fsp3) is 0.259. The highest BCUT2D eigenvalue weighted by molar-refractivity contribution is 6.37. The molecule has 0 unspecified atom stereocenters. The molecule has 2 aromatic carbocycles. The van der Waals surface area contributed by atoms with Crippen LogP contribution >= 0.6 is 23.2 Å². The van der Waals surface area contributed by atoms with E-state index >= 15 is 0 Å². The van der Waals surface area contributed by atoms with Gasteiger partial charge in [0.2, 0.25) is 5.95 Å². The van der Waals surface area contributed by atoms with E-state index in [0.29, 0.717) is 27.7 Å². The van der Waals surface area contributed by atoms with Crippen LogP contribution in [0.5, 0.6) is 0 Å². The van der Waals surface area contributed by atoms with E-state index in [1.54, 1.807) is 18.2 Å². The Hall–Kier alpha value is -3.64. The lowest BCUT2D eigenvalue weighted by atomic mass is 10.0. The van der Waals surface area contributed by atoms with E-state index < -0.39 is 5.56 Å². The van der Waals surface area contributed by atoms with Gasteiger partial charge >= 0.3 is 0 Å². The molecule has 0 radical (unpaired) electrons. The molecule has 0 spiro atoms. The number of halogens is 2. The molecule has 1 aliphatic heterocycles. The number of anilines is 3. The molecule has 3 heterocycles. The highest BCUT2D eigenvalue weighted by atomic mass is 35.5. The van der Waals surface area contributed by atoms with E-state index in [1.165, 1.54) is 22.6 Å². The number of pyridine rings is 1. The quantitative estimate of drug-likeness (QED) is 0.363. The Morgan fingerprint density at radius 1 is 1.14 bits per heavy atom. The molecule has 10 heteroatoms. The number of aryl methyl sites for hydroxylation is 1. The minimum Gasteiger partial charge on any atom is -0.371 e. The number of hydrogen-bond acceptors (Lipinski definition) is 7. The van der Waals surface area contributed by atoms with Crippen molar-refractivity contribution in [2.24, 2.45) is 0 Å². The summed E-state index contributed by atoms with van der Waals surface area (Å²) >= 11 is 12.6. The van der Waals surface area contributed by atoms with Gasteiger partial charge in [-0.05, 0) is 62.7 Å². The van der Waals surface area contributed by atoms with Gasteiger partial charge in [0.25, 0.3) is 5.56 Å². The fourth-order valence-corrected chi connectivity index (χ4v) is 5.36.